The van der Waals surface area contributed by atoms with Gasteiger partial charge in [-0.2, -0.15) is 0 Å². The Bertz CT molecular complexity index is 379. The van der Waals surface area contributed by atoms with E-state index in [0.29, 0.717) is 6.04 Å². The van der Waals surface area contributed by atoms with E-state index in [4.69, 9.17) is 0 Å². The fourth-order valence-electron chi connectivity index (χ4n) is 2.50. The van der Waals surface area contributed by atoms with Gasteiger partial charge in [-0.3, -0.25) is 0 Å². The maximum atomic E-state index is 13.4. The van der Waals surface area contributed by atoms with Crippen molar-refractivity contribution in [2.45, 2.75) is 52.6 Å². The molecule has 114 valence electrons. The van der Waals surface area contributed by atoms with Crippen molar-refractivity contribution in [3.8, 4) is 0 Å². The Kier molecular flexibility index (Phi) is 7.78. The highest BCUT2D eigenvalue weighted by Crippen LogP contribution is 2.19. The van der Waals surface area contributed by atoms with Gasteiger partial charge in [0.2, 0.25) is 0 Å². The van der Waals surface area contributed by atoms with Crippen LogP contribution in [-0.2, 0) is 0 Å². The Hall–Kier alpha value is -0.930. The second-order valence-corrected chi connectivity index (χ2v) is 5.57. The van der Waals surface area contributed by atoms with Gasteiger partial charge in [0.25, 0.3) is 0 Å². The topological polar surface area (TPSA) is 15.3 Å². The molecule has 20 heavy (non-hydrogen) atoms. The SMILES string of the molecule is CCCNC(CCN(CC)C(C)C)c1cccc(F)c1. The number of halogens is 1. The molecule has 1 atom stereocenters. The van der Waals surface area contributed by atoms with Crippen molar-refractivity contribution >= 4 is 0 Å². The largest absolute Gasteiger partial charge is 0.310 e. The van der Waals surface area contributed by atoms with Gasteiger partial charge in [-0.05, 0) is 57.5 Å². The van der Waals surface area contributed by atoms with Crippen LogP contribution in [0.2, 0.25) is 0 Å². The monoisotopic (exact) mass is 280 g/mol. The summed E-state index contributed by atoms with van der Waals surface area (Å²) >= 11 is 0. The van der Waals surface area contributed by atoms with Crippen LogP contribution in [0.3, 0.4) is 0 Å². The lowest BCUT2D eigenvalue weighted by Crippen LogP contribution is -2.34. The van der Waals surface area contributed by atoms with Gasteiger partial charge >= 0.3 is 0 Å². The Morgan fingerprint density at radius 2 is 2.00 bits per heavy atom. The average molecular weight is 280 g/mol. The molecule has 1 unspecified atom stereocenters. The molecule has 1 N–H and O–H groups in total. The minimum Gasteiger partial charge on any atom is -0.310 e. The lowest BCUT2D eigenvalue weighted by Gasteiger charge is -2.28. The Balaban J connectivity index is 2.69. The summed E-state index contributed by atoms with van der Waals surface area (Å²) in [4.78, 5) is 2.44. The summed E-state index contributed by atoms with van der Waals surface area (Å²) in [7, 11) is 0. The molecule has 0 bridgehead atoms. The van der Waals surface area contributed by atoms with Crippen molar-refractivity contribution in [2.24, 2.45) is 0 Å². The standard InChI is InChI=1S/C17H29FN2/c1-5-11-19-17(10-12-20(6-2)14(3)4)15-8-7-9-16(18)13-15/h7-9,13-14,17,19H,5-6,10-12H2,1-4H3. The molecule has 0 radical (unpaired) electrons. The Morgan fingerprint density at radius 3 is 2.55 bits per heavy atom. The maximum Gasteiger partial charge on any atom is 0.123 e. The Morgan fingerprint density at radius 1 is 1.25 bits per heavy atom. The summed E-state index contributed by atoms with van der Waals surface area (Å²) in [6, 6.07) is 7.76. The van der Waals surface area contributed by atoms with E-state index in [1.54, 1.807) is 12.1 Å². The number of hydrogen-bond donors (Lipinski definition) is 1. The minimum absolute atomic E-state index is 0.151. The molecular weight excluding hydrogens is 251 g/mol. The average Bonchev–Trinajstić information content (AvgIpc) is 2.42. The fourth-order valence-corrected chi connectivity index (χ4v) is 2.50. The molecule has 0 aliphatic heterocycles. The lowest BCUT2D eigenvalue weighted by molar-refractivity contribution is 0.220. The molecule has 0 heterocycles. The number of nitrogens with zero attached hydrogens (tertiary/aromatic N) is 1. The molecule has 0 saturated heterocycles. The third-order valence-corrected chi connectivity index (χ3v) is 3.73. The predicted octanol–water partition coefficient (Wildman–Crippen LogP) is 3.99. The van der Waals surface area contributed by atoms with E-state index in [2.05, 4.69) is 37.9 Å². The zero-order chi connectivity index (χ0) is 15.0. The highest BCUT2D eigenvalue weighted by Gasteiger charge is 2.14. The van der Waals surface area contributed by atoms with Gasteiger partial charge in [-0.15, -0.1) is 0 Å². The van der Waals surface area contributed by atoms with Gasteiger partial charge < -0.3 is 10.2 Å². The molecule has 0 saturated carbocycles. The van der Waals surface area contributed by atoms with E-state index >= 15 is 0 Å². The van der Waals surface area contributed by atoms with Crippen LogP contribution < -0.4 is 5.32 Å². The van der Waals surface area contributed by atoms with Crippen LogP contribution in [0.15, 0.2) is 24.3 Å². The van der Waals surface area contributed by atoms with Crippen molar-refractivity contribution in [1.29, 1.82) is 0 Å². The smallest absolute Gasteiger partial charge is 0.123 e. The first kappa shape index (κ1) is 17.1. The molecule has 0 aliphatic carbocycles. The molecule has 1 aromatic carbocycles. The van der Waals surface area contributed by atoms with Crippen LogP contribution >= 0.6 is 0 Å². The molecular formula is C17H29FN2. The summed E-state index contributed by atoms with van der Waals surface area (Å²) in [6.07, 6.45) is 2.10. The van der Waals surface area contributed by atoms with Crippen molar-refractivity contribution in [3.63, 3.8) is 0 Å². The number of rotatable bonds is 9. The van der Waals surface area contributed by atoms with E-state index < -0.39 is 0 Å². The molecule has 1 rings (SSSR count). The van der Waals surface area contributed by atoms with Crippen LogP contribution in [0.25, 0.3) is 0 Å². The van der Waals surface area contributed by atoms with E-state index in [9.17, 15) is 4.39 Å². The Labute approximate surface area is 123 Å². The van der Waals surface area contributed by atoms with E-state index in [-0.39, 0.29) is 11.9 Å². The zero-order valence-corrected chi connectivity index (χ0v) is 13.3. The first-order valence-corrected chi connectivity index (χ1v) is 7.81. The third-order valence-electron chi connectivity index (χ3n) is 3.73. The molecule has 2 nitrogen and oxygen atoms in total. The van der Waals surface area contributed by atoms with Gasteiger partial charge in [0.1, 0.15) is 5.82 Å². The molecule has 0 spiro atoms. The quantitative estimate of drug-likeness (QED) is 0.736. The highest BCUT2D eigenvalue weighted by molar-refractivity contribution is 5.20. The molecule has 0 amide bonds. The van der Waals surface area contributed by atoms with Crippen molar-refractivity contribution in [2.75, 3.05) is 19.6 Å². The maximum absolute atomic E-state index is 13.4. The predicted molar refractivity (Wildman–Crippen MR) is 84.4 cm³/mol. The molecule has 1 aromatic rings. The van der Waals surface area contributed by atoms with E-state index in [1.165, 1.54) is 6.07 Å². The summed E-state index contributed by atoms with van der Waals surface area (Å²) < 4.78 is 13.4. The normalized spacial score (nSPS) is 13.2. The van der Waals surface area contributed by atoms with Crippen molar-refractivity contribution in [3.05, 3.63) is 35.6 Å². The molecule has 0 aliphatic rings. The fraction of sp³-hybridized carbons (Fsp3) is 0.647. The van der Waals surface area contributed by atoms with Crippen LogP contribution in [0.4, 0.5) is 4.39 Å². The summed E-state index contributed by atoms with van der Waals surface area (Å²) in [5.41, 5.74) is 1.05. The van der Waals surface area contributed by atoms with E-state index in [1.807, 2.05) is 6.07 Å². The van der Waals surface area contributed by atoms with Gasteiger partial charge in [0.05, 0.1) is 0 Å². The zero-order valence-electron chi connectivity index (χ0n) is 13.3. The molecule has 0 aromatic heterocycles. The van der Waals surface area contributed by atoms with Gasteiger partial charge in [0.15, 0.2) is 0 Å². The highest BCUT2D eigenvalue weighted by atomic mass is 19.1. The van der Waals surface area contributed by atoms with Crippen molar-refractivity contribution < 1.29 is 4.39 Å². The summed E-state index contributed by atoms with van der Waals surface area (Å²) in [5.74, 6) is -0.151. The second kappa shape index (κ2) is 9.09. The summed E-state index contributed by atoms with van der Waals surface area (Å²) in [6.45, 7) is 11.8. The summed E-state index contributed by atoms with van der Waals surface area (Å²) in [5, 5.41) is 3.54. The lowest BCUT2D eigenvalue weighted by atomic mass is 10.0. The second-order valence-electron chi connectivity index (χ2n) is 5.57. The van der Waals surface area contributed by atoms with Gasteiger partial charge in [-0.25, -0.2) is 4.39 Å². The first-order valence-electron chi connectivity index (χ1n) is 7.81. The van der Waals surface area contributed by atoms with Gasteiger partial charge in [0, 0.05) is 18.6 Å². The van der Waals surface area contributed by atoms with Crippen LogP contribution in [-0.4, -0.2) is 30.6 Å². The van der Waals surface area contributed by atoms with Crippen LogP contribution in [0, 0.1) is 5.82 Å². The number of nitrogens with one attached hydrogen (secondary N) is 1. The number of hydrogen-bond acceptors (Lipinski definition) is 2. The minimum atomic E-state index is -0.151. The van der Waals surface area contributed by atoms with E-state index in [0.717, 1.165) is 38.0 Å². The first-order chi connectivity index (χ1) is 9.58. The third kappa shape index (κ3) is 5.59. The number of benzene rings is 1. The molecule has 0 fully saturated rings. The van der Waals surface area contributed by atoms with Crippen LogP contribution in [0.1, 0.15) is 52.1 Å². The van der Waals surface area contributed by atoms with Crippen molar-refractivity contribution in [1.82, 2.24) is 10.2 Å². The van der Waals surface area contributed by atoms with Gasteiger partial charge in [-0.1, -0.05) is 26.0 Å². The molecule has 3 heteroatoms. The van der Waals surface area contributed by atoms with Crippen LogP contribution in [0.5, 0.6) is 0 Å².